The molecule has 6 heteroatoms. The van der Waals surface area contributed by atoms with Gasteiger partial charge in [-0.3, -0.25) is 4.90 Å². The van der Waals surface area contributed by atoms with Crippen LogP contribution >= 0.6 is 11.6 Å². The van der Waals surface area contributed by atoms with Crippen molar-refractivity contribution in [1.29, 1.82) is 0 Å². The molecule has 0 fully saturated rings. The minimum absolute atomic E-state index is 0.169. The van der Waals surface area contributed by atoms with Gasteiger partial charge >= 0.3 is 5.97 Å². The van der Waals surface area contributed by atoms with E-state index in [1.165, 1.54) is 7.11 Å². The Bertz CT molecular complexity index is 673. The zero-order valence-corrected chi connectivity index (χ0v) is 15.1. The molecule has 1 unspecified atom stereocenters. The number of hydrogen-bond donors (Lipinski definition) is 1. The number of nitrogens with zero attached hydrogens (tertiary/aromatic N) is 1. The minimum Gasteiger partial charge on any atom is -0.491 e. The Morgan fingerprint density at radius 1 is 1.16 bits per heavy atom. The fourth-order valence-electron chi connectivity index (χ4n) is 2.38. The summed E-state index contributed by atoms with van der Waals surface area (Å²) < 4.78 is 10.2. The topological polar surface area (TPSA) is 59.0 Å². The maximum atomic E-state index is 11.4. The van der Waals surface area contributed by atoms with E-state index in [1.807, 2.05) is 36.2 Å². The molecule has 1 atom stereocenters. The normalized spacial score (nSPS) is 12.0. The fourth-order valence-corrected chi connectivity index (χ4v) is 2.50. The van der Waals surface area contributed by atoms with Gasteiger partial charge in [0.1, 0.15) is 18.5 Å². The van der Waals surface area contributed by atoms with Crippen LogP contribution < -0.4 is 4.74 Å². The molecule has 2 aromatic carbocycles. The number of esters is 1. The SMILES string of the molecule is COC(=O)c1ccc(OCC(O)CN(C)Cc2ccc(Cl)cc2)cc1. The average Bonchev–Trinajstić information content (AvgIpc) is 2.61. The fraction of sp³-hybridized carbons (Fsp3) is 0.316. The van der Waals surface area contributed by atoms with Crippen molar-refractivity contribution >= 4 is 17.6 Å². The monoisotopic (exact) mass is 363 g/mol. The van der Waals surface area contributed by atoms with Crippen LogP contribution in [0.5, 0.6) is 5.75 Å². The first-order chi connectivity index (χ1) is 12.0. The number of benzene rings is 2. The predicted octanol–water partition coefficient (Wildman–Crippen LogP) is 3.00. The second-order valence-corrected chi connectivity index (χ2v) is 6.24. The van der Waals surface area contributed by atoms with Crippen LogP contribution in [-0.2, 0) is 11.3 Å². The molecule has 0 saturated carbocycles. The molecule has 25 heavy (non-hydrogen) atoms. The first-order valence-corrected chi connectivity index (χ1v) is 8.28. The quantitative estimate of drug-likeness (QED) is 0.731. The summed E-state index contributed by atoms with van der Waals surface area (Å²) in [5.74, 6) is 0.197. The molecule has 2 aromatic rings. The van der Waals surface area contributed by atoms with Gasteiger partial charge in [-0.2, -0.15) is 0 Å². The lowest BCUT2D eigenvalue weighted by Gasteiger charge is -2.21. The number of ether oxygens (including phenoxy) is 2. The van der Waals surface area contributed by atoms with E-state index in [-0.39, 0.29) is 6.61 Å². The summed E-state index contributed by atoms with van der Waals surface area (Å²) in [6.07, 6.45) is -0.627. The molecule has 2 rings (SSSR count). The van der Waals surface area contributed by atoms with Crippen molar-refractivity contribution in [2.45, 2.75) is 12.6 Å². The molecule has 0 aliphatic heterocycles. The Balaban J connectivity index is 1.76. The molecule has 0 aliphatic carbocycles. The first-order valence-electron chi connectivity index (χ1n) is 7.90. The Morgan fingerprint density at radius 3 is 2.40 bits per heavy atom. The molecule has 0 spiro atoms. The zero-order valence-electron chi connectivity index (χ0n) is 14.3. The summed E-state index contributed by atoms with van der Waals surface area (Å²) in [5.41, 5.74) is 1.58. The van der Waals surface area contributed by atoms with Gasteiger partial charge in [-0.25, -0.2) is 4.79 Å². The second kappa shape index (κ2) is 9.42. The van der Waals surface area contributed by atoms with Crippen LogP contribution in [0.15, 0.2) is 48.5 Å². The predicted molar refractivity (Wildman–Crippen MR) is 97.1 cm³/mol. The third-order valence-corrected chi connectivity index (χ3v) is 3.86. The smallest absolute Gasteiger partial charge is 0.337 e. The van der Waals surface area contributed by atoms with Gasteiger partial charge in [0.25, 0.3) is 0 Å². The highest BCUT2D eigenvalue weighted by molar-refractivity contribution is 6.30. The van der Waals surface area contributed by atoms with Crippen LogP contribution in [0.4, 0.5) is 0 Å². The largest absolute Gasteiger partial charge is 0.491 e. The van der Waals surface area contributed by atoms with Gasteiger partial charge in [0, 0.05) is 18.1 Å². The molecule has 0 heterocycles. The lowest BCUT2D eigenvalue weighted by molar-refractivity contribution is 0.0600. The molecule has 0 bridgehead atoms. The third-order valence-electron chi connectivity index (χ3n) is 3.61. The van der Waals surface area contributed by atoms with E-state index in [4.69, 9.17) is 16.3 Å². The highest BCUT2D eigenvalue weighted by Gasteiger charge is 2.10. The summed E-state index contributed by atoms with van der Waals surface area (Å²) in [5, 5.41) is 10.8. The van der Waals surface area contributed by atoms with Crippen LogP contribution in [0, 0.1) is 0 Å². The van der Waals surface area contributed by atoms with Crippen LogP contribution in [0.3, 0.4) is 0 Å². The molecular formula is C19H22ClNO4. The van der Waals surface area contributed by atoms with Crippen molar-refractivity contribution in [3.05, 3.63) is 64.7 Å². The van der Waals surface area contributed by atoms with Gasteiger partial charge in [-0.05, 0) is 49.0 Å². The van der Waals surface area contributed by atoms with Gasteiger partial charge < -0.3 is 14.6 Å². The third kappa shape index (κ3) is 6.38. The van der Waals surface area contributed by atoms with Crippen molar-refractivity contribution in [3.8, 4) is 5.75 Å². The van der Waals surface area contributed by atoms with E-state index in [9.17, 15) is 9.90 Å². The van der Waals surface area contributed by atoms with E-state index >= 15 is 0 Å². The van der Waals surface area contributed by atoms with Gasteiger partial charge in [0.05, 0.1) is 12.7 Å². The Hall–Kier alpha value is -2.08. The highest BCUT2D eigenvalue weighted by Crippen LogP contribution is 2.14. The first kappa shape index (κ1) is 19.2. The Kier molecular flexibility index (Phi) is 7.25. The summed E-state index contributed by atoms with van der Waals surface area (Å²) in [6.45, 7) is 1.35. The summed E-state index contributed by atoms with van der Waals surface area (Å²) in [4.78, 5) is 13.4. The molecule has 5 nitrogen and oxygen atoms in total. The average molecular weight is 364 g/mol. The Labute approximate surface area is 152 Å². The molecule has 134 valence electrons. The lowest BCUT2D eigenvalue weighted by atomic mass is 10.2. The van der Waals surface area contributed by atoms with Crippen molar-refractivity contribution in [1.82, 2.24) is 4.90 Å². The minimum atomic E-state index is -0.627. The van der Waals surface area contributed by atoms with E-state index in [0.29, 0.717) is 29.4 Å². The lowest BCUT2D eigenvalue weighted by Crippen LogP contribution is -2.32. The number of rotatable bonds is 8. The van der Waals surface area contributed by atoms with Gasteiger partial charge in [-0.1, -0.05) is 23.7 Å². The maximum Gasteiger partial charge on any atom is 0.337 e. The number of likely N-dealkylation sites (N-methyl/N-ethyl adjacent to an activating group) is 1. The van der Waals surface area contributed by atoms with Crippen molar-refractivity contribution in [3.63, 3.8) is 0 Å². The van der Waals surface area contributed by atoms with Crippen molar-refractivity contribution in [2.75, 3.05) is 27.3 Å². The Morgan fingerprint density at radius 2 is 1.80 bits per heavy atom. The molecule has 0 aliphatic rings. The number of halogens is 1. The number of carbonyl (C=O) groups excluding carboxylic acids is 1. The number of aliphatic hydroxyl groups is 1. The standard InChI is InChI=1S/C19H22ClNO4/c1-21(11-14-3-7-16(20)8-4-14)12-17(22)13-25-18-9-5-15(6-10-18)19(23)24-2/h3-10,17,22H,11-13H2,1-2H3. The summed E-state index contributed by atoms with van der Waals surface area (Å²) in [7, 11) is 3.27. The number of aliphatic hydroxyl groups excluding tert-OH is 1. The highest BCUT2D eigenvalue weighted by atomic mass is 35.5. The molecule has 0 saturated heterocycles. The summed E-state index contributed by atoms with van der Waals surface area (Å²) in [6, 6.07) is 14.2. The van der Waals surface area contributed by atoms with Crippen molar-refractivity contribution < 1.29 is 19.4 Å². The molecular weight excluding hydrogens is 342 g/mol. The zero-order chi connectivity index (χ0) is 18.2. The van der Waals surface area contributed by atoms with Gasteiger partial charge in [0.15, 0.2) is 0 Å². The maximum absolute atomic E-state index is 11.4. The number of hydrogen-bond acceptors (Lipinski definition) is 5. The summed E-state index contributed by atoms with van der Waals surface area (Å²) >= 11 is 5.87. The van der Waals surface area contributed by atoms with E-state index in [1.54, 1.807) is 24.3 Å². The van der Waals surface area contributed by atoms with Crippen LogP contribution in [0.25, 0.3) is 0 Å². The van der Waals surface area contributed by atoms with Crippen LogP contribution in [0.1, 0.15) is 15.9 Å². The molecule has 0 amide bonds. The number of methoxy groups -OCH3 is 1. The van der Waals surface area contributed by atoms with E-state index < -0.39 is 12.1 Å². The molecule has 0 radical (unpaired) electrons. The molecule has 0 aromatic heterocycles. The van der Waals surface area contributed by atoms with Gasteiger partial charge in [0.2, 0.25) is 0 Å². The van der Waals surface area contributed by atoms with Crippen molar-refractivity contribution in [2.24, 2.45) is 0 Å². The van der Waals surface area contributed by atoms with E-state index in [2.05, 4.69) is 4.74 Å². The second-order valence-electron chi connectivity index (χ2n) is 5.80. The molecule has 1 N–H and O–H groups in total. The van der Waals surface area contributed by atoms with Crippen LogP contribution in [0.2, 0.25) is 5.02 Å². The number of carbonyl (C=O) groups is 1. The van der Waals surface area contributed by atoms with E-state index in [0.717, 1.165) is 5.56 Å². The van der Waals surface area contributed by atoms with Crippen LogP contribution in [-0.4, -0.2) is 49.4 Å². The van der Waals surface area contributed by atoms with Gasteiger partial charge in [-0.15, -0.1) is 0 Å².